The van der Waals surface area contributed by atoms with Gasteiger partial charge in [-0.15, -0.1) is 0 Å². The Hall–Kier alpha value is -4.76. The minimum absolute atomic E-state index is 0.0106. The lowest BCUT2D eigenvalue weighted by atomic mass is 9.96. The summed E-state index contributed by atoms with van der Waals surface area (Å²) in [4.78, 5) is 37.4. The second kappa shape index (κ2) is 10.5. The van der Waals surface area contributed by atoms with Crippen molar-refractivity contribution in [3.63, 3.8) is 0 Å². The van der Waals surface area contributed by atoms with E-state index in [1.165, 1.54) is 10.6 Å². The number of carbonyl (C=O) groups is 1. The molecular formula is C34H32FN5O3. The first-order chi connectivity index (χ1) is 20.8. The van der Waals surface area contributed by atoms with Gasteiger partial charge in [0.1, 0.15) is 11.5 Å². The molecule has 43 heavy (non-hydrogen) atoms. The Bertz CT molecular complexity index is 2000. The van der Waals surface area contributed by atoms with Crippen LogP contribution in [0.15, 0.2) is 71.8 Å². The summed E-state index contributed by atoms with van der Waals surface area (Å²) in [6.07, 6.45) is 8.25. The van der Waals surface area contributed by atoms with Gasteiger partial charge in [-0.05, 0) is 83.2 Å². The van der Waals surface area contributed by atoms with Gasteiger partial charge < -0.3 is 19.9 Å². The van der Waals surface area contributed by atoms with E-state index in [2.05, 4.69) is 22.1 Å². The fraction of sp³-hybridized carbons (Fsp3) is 0.265. The summed E-state index contributed by atoms with van der Waals surface area (Å²) in [5, 5.41) is 12.1. The average Bonchev–Trinajstić information content (AvgIpc) is 3.78. The lowest BCUT2D eigenvalue weighted by molar-refractivity contribution is 0.176. The minimum Gasteiger partial charge on any atom is -0.392 e. The predicted octanol–water partition coefficient (Wildman–Crippen LogP) is 5.81. The molecule has 2 aromatic carbocycles. The van der Waals surface area contributed by atoms with Gasteiger partial charge in [-0.25, -0.2) is 14.2 Å². The summed E-state index contributed by atoms with van der Waals surface area (Å²) < 4.78 is 16.7. The highest BCUT2D eigenvalue weighted by molar-refractivity contribution is 5.97. The number of aromatic nitrogens is 3. The third-order valence-corrected chi connectivity index (χ3v) is 8.63. The van der Waals surface area contributed by atoms with Crippen LogP contribution in [0, 0.1) is 5.82 Å². The van der Waals surface area contributed by atoms with Gasteiger partial charge >= 0.3 is 6.03 Å². The number of aliphatic hydroxyl groups excluding tert-OH is 1. The fourth-order valence-corrected chi connectivity index (χ4v) is 6.22. The van der Waals surface area contributed by atoms with E-state index in [0.29, 0.717) is 47.7 Å². The van der Waals surface area contributed by atoms with Gasteiger partial charge in [0.25, 0.3) is 5.56 Å². The topological polar surface area (TPSA) is 94.5 Å². The predicted molar refractivity (Wildman–Crippen MR) is 166 cm³/mol. The summed E-state index contributed by atoms with van der Waals surface area (Å²) in [7, 11) is 3.50. The molecule has 3 aromatic heterocycles. The number of fused-ring (bicyclic) bond motifs is 2. The first-order valence-electron chi connectivity index (χ1n) is 14.6. The Balaban J connectivity index is 1.29. The molecule has 2 N–H and O–H groups in total. The maximum Gasteiger partial charge on any atom is 0.319 e. The molecule has 0 saturated heterocycles. The third kappa shape index (κ3) is 4.70. The number of hydrogen-bond donors (Lipinski definition) is 2. The first kappa shape index (κ1) is 27.1. The highest BCUT2D eigenvalue weighted by atomic mass is 19.1. The molecule has 1 saturated carbocycles. The number of halogens is 1. The van der Waals surface area contributed by atoms with Crippen LogP contribution in [0.2, 0.25) is 0 Å². The Labute approximate surface area is 247 Å². The van der Waals surface area contributed by atoms with Crippen molar-refractivity contribution >= 4 is 33.4 Å². The molecule has 8 nitrogen and oxygen atoms in total. The maximum absolute atomic E-state index is 15.2. The molecule has 4 heterocycles. The van der Waals surface area contributed by atoms with E-state index in [9.17, 15) is 14.7 Å². The average molecular weight is 578 g/mol. The van der Waals surface area contributed by atoms with Crippen LogP contribution in [0.4, 0.5) is 9.18 Å². The van der Waals surface area contributed by atoms with Crippen molar-refractivity contribution in [3.8, 4) is 16.8 Å². The van der Waals surface area contributed by atoms with E-state index in [1.807, 2.05) is 29.2 Å². The van der Waals surface area contributed by atoms with E-state index < -0.39 is 11.4 Å². The summed E-state index contributed by atoms with van der Waals surface area (Å²) in [6.45, 7) is 0.834. The molecule has 0 bridgehead atoms. The second-order valence-electron chi connectivity index (χ2n) is 11.6. The van der Waals surface area contributed by atoms with Crippen LogP contribution in [0.25, 0.3) is 44.2 Å². The van der Waals surface area contributed by atoms with E-state index >= 15 is 4.39 Å². The van der Waals surface area contributed by atoms with Crippen molar-refractivity contribution in [2.45, 2.75) is 31.8 Å². The molecule has 5 aromatic rings. The van der Waals surface area contributed by atoms with Crippen LogP contribution in [-0.2, 0) is 6.61 Å². The molecular weight excluding hydrogens is 545 g/mol. The van der Waals surface area contributed by atoms with Crippen LogP contribution < -0.4 is 5.56 Å². The smallest absolute Gasteiger partial charge is 0.319 e. The number of carbonyl (C=O) groups excluding carboxylic acids is 1. The maximum atomic E-state index is 15.2. The standard InChI is InChI=1S/C34H32FN5O3/c1-38(2)34(43)39-13-9-21(10-14-39)29-18-26-25(8-12-36-32(26)37-29)24-4-3-5-30(27(24)19-41)40-15-11-22-16-23(20-6-7-20)17-28(35)31(22)33(40)42/h3-5,8-9,11-12,15-18,20,41H,6-7,10,13-14,19H2,1-2H3,(H,36,37). The van der Waals surface area contributed by atoms with Crippen LogP contribution in [-0.4, -0.2) is 62.7 Å². The van der Waals surface area contributed by atoms with Crippen LogP contribution in [0.1, 0.15) is 42.0 Å². The number of benzene rings is 2. The van der Waals surface area contributed by atoms with Gasteiger partial charge in [-0.2, -0.15) is 0 Å². The summed E-state index contributed by atoms with van der Waals surface area (Å²) >= 11 is 0. The number of H-pyrrole nitrogens is 1. The monoisotopic (exact) mass is 577 g/mol. The molecule has 7 rings (SSSR count). The number of hydrogen-bond acceptors (Lipinski definition) is 4. The van der Waals surface area contributed by atoms with Gasteiger partial charge in [-0.1, -0.05) is 24.3 Å². The second-order valence-corrected chi connectivity index (χ2v) is 11.6. The number of aliphatic hydroxyl groups is 1. The quantitative estimate of drug-likeness (QED) is 0.276. The molecule has 0 unspecified atom stereocenters. The number of nitrogens with zero attached hydrogens (tertiary/aromatic N) is 4. The number of pyridine rings is 2. The normalized spacial score (nSPS) is 15.3. The van der Waals surface area contributed by atoms with E-state index in [0.717, 1.165) is 46.2 Å². The number of aromatic amines is 1. The zero-order valence-corrected chi connectivity index (χ0v) is 24.1. The molecule has 1 aliphatic heterocycles. The molecule has 9 heteroatoms. The van der Waals surface area contributed by atoms with Gasteiger partial charge in [0.05, 0.1) is 17.7 Å². The van der Waals surface area contributed by atoms with Crippen molar-refractivity contribution in [2.75, 3.05) is 27.2 Å². The van der Waals surface area contributed by atoms with Crippen molar-refractivity contribution in [3.05, 3.63) is 100.0 Å². The van der Waals surface area contributed by atoms with Crippen LogP contribution in [0.5, 0.6) is 0 Å². The SMILES string of the molecule is CN(C)C(=O)N1CC=C(c2cc3c(-c4cccc(-n5ccc6cc(C7CC7)cc(F)c6c5=O)c4CO)ccnc3[nH]2)CC1. The Morgan fingerprint density at radius 2 is 1.98 bits per heavy atom. The largest absolute Gasteiger partial charge is 0.392 e. The van der Waals surface area contributed by atoms with Crippen molar-refractivity contribution < 1.29 is 14.3 Å². The molecule has 0 radical (unpaired) electrons. The highest BCUT2D eigenvalue weighted by Gasteiger charge is 2.26. The van der Waals surface area contributed by atoms with Crippen LogP contribution in [0.3, 0.4) is 0 Å². The van der Waals surface area contributed by atoms with Crippen molar-refractivity contribution in [2.24, 2.45) is 0 Å². The van der Waals surface area contributed by atoms with E-state index in [4.69, 9.17) is 0 Å². The number of nitrogens with one attached hydrogen (secondary N) is 1. The minimum atomic E-state index is -0.512. The van der Waals surface area contributed by atoms with Gasteiger partial charge in [0, 0.05) is 56.2 Å². The molecule has 1 aliphatic carbocycles. The zero-order valence-electron chi connectivity index (χ0n) is 24.1. The van der Waals surface area contributed by atoms with Crippen LogP contribution >= 0.6 is 0 Å². The van der Waals surface area contributed by atoms with Crippen molar-refractivity contribution in [1.29, 1.82) is 0 Å². The molecule has 0 atom stereocenters. The molecule has 1 fully saturated rings. The summed E-state index contributed by atoms with van der Waals surface area (Å²) in [5.41, 5.74) is 5.89. The lowest BCUT2D eigenvalue weighted by Gasteiger charge is -2.28. The molecule has 2 amide bonds. The lowest BCUT2D eigenvalue weighted by Crippen LogP contribution is -2.41. The first-order valence-corrected chi connectivity index (χ1v) is 14.6. The molecule has 0 spiro atoms. The van der Waals surface area contributed by atoms with E-state index in [1.54, 1.807) is 43.5 Å². The molecule has 218 valence electrons. The molecule has 2 aliphatic rings. The summed E-state index contributed by atoms with van der Waals surface area (Å²) in [5.74, 6) is -0.135. The third-order valence-electron chi connectivity index (χ3n) is 8.63. The highest BCUT2D eigenvalue weighted by Crippen LogP contribution is 2.41. The zero-order chi connectivity index (χ0) is 29.8. The Morgan fingerprint density at radius 3 is 2.70 bits per heavy atom. The fourth-order valence-electron chi connectivity index (χ4n) is 6.22. The number of rotatable bonds is 5. The van der Waals surface area contributed by atoms with Gasteiger partial charge in [0.15, 0.2) is 0 Å². The summed E-state index contributed by atoms with van der Waals surface area (Å²) in [6, 6.07) is 14.6. The number of amides is 2. The number of urea groups is 1. The Morgan fingerprint density at radius 1 is 1.14 bits per heavy atom. The van der Waals surface area contributed by atoms with Crippen molar-refractivity contribution in [1.82, 2.24) is 24.3 Å². The van der Waals surface area contributed by atoms with Gasteiger partial charge in [0.2, 0.25) is 0 Å². The Kier molecular flexibility index (Phi) is 6.62. The van der Waals surface area contributed by atoms with Gasteiger partial charge in [-0.3, -0.25) is 9.36 Å². The van der Waals surface area contributed by atoms with E-state index in [-0.39, 0.29) is 18.0 Å².